The largest absolute Gasteiger partial charge is 0.256 e. The van der Waals surface area contributed by atoms with Crippen molar-refractivity contribution >= 4 is 12.2 Å². The van der Waals surface area contributed by atoms with E-state index in [1.54, 1.807) is 30.4 Å². The van der Waals surface area contributed by atoms with Crippen LogP contribution in [-0.4, -0.2) is 9.97 Å². The van der Waals surface area contributed by atoms with Crippen molar-refractivity contribution < 1.29 is 4.39 Å². The summed E-state index contributed by atoms with van der Waals surface area (Å²) in [5.41, 5.74) is 2.04. The van der Waals surface area contributed by atoms with E-state index in [2.05, 4.69) is 9.97 Å². The predicted octanol–water partition coefficient (Wildman–Crippen LogP) is 2.66. The number of rotatable bonds is 2. The van der Waals surface area contributed by atoms with Gasteiger partial charge in [-0.25, -0.2) is 4.98 Å². The number of halogens is 1. The second-order valence-corrected chi connectivity index (χ2v) is 3.33. The number of aromatic nitrogens is 2. The van der Waals surface area contributed by atoms with Crippen molar-refractivity contribution in [1.29, 1.82) is 5.26 Å². The molecule has 82 valence electrons. The van der Waals surface area contributed by atoms with Gasteiger partial charge in [-0.2, -0.15) is 9.65 Å². The molecule has 2 aromatic heterocycles. The number of pyridine rings is 2. The zero-order valence-electron chi connectivity index (χ0n) is 8.84. The molecule has 0 saturated carbocycles. The summed E-state index contributed by atoms with van der Waals surface area (Å²) in [5.74, 6) is -0.501. The molecule has 0 amide bonds. The average Bonchev–Trinajstić information content (AvgIpc) is 2.39. The summed E-state index contributed by atoms with van der Waals surface area (Å²) in [4.78, 5) is 7.62. The van der Waals surface area contributed by atoms with Gasteiger partial charge in [0.15, 0.2) is 0 Å². The number of hydrogen-bond donors (Lipinski definition) is 0. The monoisotopic (exact) mass is 225 g/mol. The first-order chi connectivity index (χ1) is 8.28. The molecule has 2 aromatic rings. The molecule has 2 heterocycles. The summed E-state index contributed by atoms with van der Waals surface area (Å²) < 4.78 is 12.6. The fourth-order valence-corrected chi connectivity index (χ4v) is 1.24. The van der Waals surface area contributed by atoms with Crippen molar-refractivity contribution in [2.24, 2.45) is 0 Å². The maximum Gasteiger partial charge on any atom is 0.212 e. The van der Waals surface area contributed by atoms with Crippen LogP contribution in [0.15, 0.2) is 36.7 Å². The van der Waals surface area contributed by atoms with Crippen LogP contribution in [0.4, 0.5) is 4.39 Å². The molecule has 0 aromatic carbocycles. The Hall–Kier alpha value is -2.54. The van der Waals surface area contributed by atoms with Crippen molar-refractivity contribution in [3.63, 3.8) is 0 Å². The SMILES string of the molecule is N#Cc1ccc(/C=C/c2ccc(F)nc2)nc1. The zero-order valence-corrected chi connectivity index (χ0v) is 8.84. The Morgan fingerprint density at radius 3 is 2.53 bits per heavy atom. The standard InChI is InChI=1S/C13H8FN3/c14-13-6-3-10(8-17-13)1-4-12-5-2-11(7-15)9-16-12/h1-6,8-9H/b4-1+. The quantitative estimate of drug-likeness (QED) is 0.738. The molecule has 4 heteroatoms. The smallest absolute Gasteiger partial charge is 0.212 e. The fourth-order valence-electron chi connectivity index (χ4n) is 1.24. The van der Waals surface area contributed by atoms with E-state index in [0.717, 1.165) is 11.3 Å². The highest BCUT2D eigenvalue weighted by Gasteiger charge is 1.93. The summed E-state index contributed by atoms with van der Waals surface area (Å²) in [6.45, 7) is 0. The van der Waals surface area contributed by atoms with Gasteiger partial charge in [-0.15, -0.1) is 0 Å². The van der Waals surface area contributed by atoms with Gasteiger partial charge in [0.25, 0.3) is 0 Å². The first-order valence-corrected chi connectivity index (χ1v) is 4.94. The highest BCUT2D eigenvalue weighted by atomic mass is 19.1. The lowest BCUT2D eigenvalue weighted by molar-refractivity contribution is 0.583. The van der Waals surface area contributed by atoms with E-state index < -0.39 is 5.95 Å². The summed E-state index contributed by atoms with van der Waals surface area (Å²) in [6, 6.07) is 8.35. The molecule has 0 radical (unpaired) electrons. The minimum absolute atomic E-state index is 0.501. The first kappa shape index (κ1) is 11.0. The van der Waals surface area contributed by atoms with Gasteiger partial charge in [-0.05, 0) is 35.9 Å². The van der Waals surface area contributed by atoms with Gasteiger partial charge in [0.1, 0.15) is 6.07 Å². The molecule has 0 unspecified atom stereocenters. The lowest BCUT2D eigenvalue weighted by Gasteiger charge is -1.94. The van der Waals surface area contributed by atoms with E-state index in [9.17, 15) is 4.39 Å². The molecule has 0 bridgehead atoms. The van der Waals surface area contributed by atoms with E-state index in [-0.39, 0.29) is 0 Å². The van der Waals surface area contributed by atoms with Gasteiger partial charge in [0, 0.05) is 12.4 Å². The predicted molar refractivity (Wildman–Crippen MR) is 62.1 cm³/mol. The second kappa shape index (κ2) is 4.99. The van der Waals surface area contributed by atoms with Crippen molar-refractivity contribution in [3.8, 4) is 6.07 Å². The molecule has 0 saturated heterocycles. The molecular weight excluding hydrogens is 217 g/mol. The molecule has 0 aliphatic carbocycles. The Bertz CT molecular complexity index is 565. The normalized spacial score (nSPS) is 10.4. The van der Waals surface area contributed by atoms with E-state index in [0.29, 0.717) is 5.56 Å². The van der Waals surface area contributed by atoms with Crippen molar-refractivity contribution in [1.82, 2.24) is 9.97 Å². The summed E-state index contributed by atoms with van der Waals surface area (Å²) in [7, 11) is 0. The van der Waals surface area contributed by atoms with Crippen LogP contribution in [0.5, 0.6) is 0 Å². The molecule has 0 spiro atoms. The topological polar surface area (TPSA) is 49.6 Å². The minimum atomic E-state index is -0.501. The van der Waals surface area contributed by atoms with Crippen molar-refractivity contribution in [2.45, 2.75) is 0 Å². The maximum atomic E-state index is 12.6. The highest BCUT2D eigenvalue weighted by Crippen LogP contribution is 2.06. The third-order valence-electron chi connectivity index (χ3n) is 2.11. The van der Waals surface area contributed by atoms with Crippen LogP contribution in [-0.2, 0) is 0 Å². The lowest BCUT2D eigenvalue weighted by atomic mass is 10.2. The fraction of sp³-hybridized carbons (Fsp3) is 0. The van der Waals surface area contributed by atoms with Crippen LogP contribution < -0.4 is 0 Å². The van der Waals surface area contributed by atoms with Crippen LogP contribution >= 0.6 is 0 Å². The molecule has 0 N–H and O–H groups in total. The molecule has 0 aliphatic heterocycles. The second-order valence-electron chi connectivity index (χ2n) is 3.33. The molecule has 17 heavy (non-hydrogen) atoms. The Balaban J connectivity index is 2.14. The van der Waals surface area contributed by atoms with E-state index >= 15 is 0 Å². The van der Waals surface area contributed by atoms with Crippen LogP contribution in [0.25, 0.3) is 12.2 Å². The van der Waals surface area contributed by atoms with Crippen LogP contribution in [0, 0.1) is 17.3 Å². The van der Waals surface area contributed by atoms with Crippen LogP contribution in [0.1, 0.15) is 16.8 Å². The van der Waals surface area contributed by atoms with Gasteiger partial charge in [-0.3, -0.25) is 4.98 Å². The molecule has 2 rings (SSSR count). The van der Waals surface area contributed by atoms with Crippen LogP contribution in [0.3, 0.4) is 0 Å². The van der Waals surface area contributed by atoms with Crippen molar-refractivity contribution in [2.75, 3.05) is 0 Å². The molecule has 3 nitrogen and oxygen atoms in total. The van der Waals surface area contributed by atoms with Gasteiger partial charge in [0.2, 0.25) is 5.95 Å². The molecule has 0 aliphatic rings. The first-order valence-electron chi connectivity index (χ1n) is 4.94. The highest BCUT2D eigenvalue weighted by molar-refractivity contribution is 5.67. The third-order valence-corrected chi connectivity index (χ3v) is 2.11. The van der Waals surface area contributed by atoms with E-state index in [1.165, 1.54) is 18.5 Å². The van der Waals surface area contributed by atoms with Crippen LogP contribution in [0.2, 0.25) is 0 Å². The number of nitriles is 1. The van der Waals surface area contributed by atoms with Gasteiger partial charge in [-0.1, -0.05) is 6.08 Å². The Morgan fingerprint density at radius 2 is 1.94 bits per heavy atom. The van der Waals surface area contributed by atoms with Gasteiger partial charge < -0.3 is 0 Å². The van der Waals surface area contributed by atoms with Gasteiger partial charge in [0.05, 0.1) is 11.3 Å². The third kappa shape index (κ3) is 2.95. The van der Waals surface area contributed by atoms with Crippen molar-refractivity contribution in [3.05, 3.63) is 59.4 Å². The molecule has 0 fully saturated rings. The summed E-state index contributed by atoms with van der Waals surface area (Å²) in [6.07, 6.45) is 6.49. The molecule has 0 atom stereocenters. The Labute approximate surface area is 97.9 Å². The number of nitrogens with zero attached hydrogens (tertiary/aromatic N) is 3. The Kier molecular flexibility index (Phi) is 3.22. The molecular formula is C13H8FN3. The van der Waals surface area contributed by atoms with Gasteiger partial charge >= 0.3 is 0 Å². The zero-order chi connectivity index (χ0) is 12.1. The summed E-state index contributed by atoms with van der Waals surface area (Å²) in [5, 5.41) is 8.61. The summed E-state index contributed by atoms with van der Waals surface area (Å²) >= 11 is 0. The number of hydrogen-bond acceptors (Lipinski definition) is 3. The van der Waals surface area contributed by atoms with E-state index in [1.807, 2.05) is 6.07 Å². The lowest BCUT2D eigenvalue weighted by Crippen LogP contribution is -1.83. The maximum absolute atomic E-state index is 12.6. The average molecular weight is 225 g/mol. The van der Waals surface area contributed by atoms with E-state index in [4.69, 9.17) is 5.26 Å². The Morgan fingerprint density at radius 1 is 1.06 bits per heavy atom. The minimum Gasteiger partial charge on any atom is -0.256 e.